The molecule has 0 spiro atoms. The van der Waals surface area contributed by atoms with Crippen molar-refractivity contribution in [1.29, 1.82) is 0 Å². The van der Waals surface area contributed by atoms with Gasteiger partial charge in [0, 0.05) is 0 Å². The van der Waals surface area contributed by atoms with E-state index < -0.39 is 0 Å². The van der Waals surface area contributed by atoms with E-state index in [-0.39, 0.29) is 5.92 Å². The first-order chi connectivity index (χ1) is 8.01. The molecule has 0 bridgehead atoms. The van der Waals surface area contributed by atoms with Crippen molar-refractivity contribution in [2.24, 2.45) is 15.9 Å². The molecule has 1 aliphatic rings. The molecule has 0 aromatic rings. The first kappa shape index (κ1) is 14.4. The summed E-state index contributed by atoms with van der Waals surface area (Å²) in [5.41, 5.74) is 2.44. The maximum atomic E-state index is 11.2. The van der Waals surface area contributed by atoms with Crippen molar-refractivity contribution in [2.45, 2.75) is 33.6 Å². The zero-order chi connectivity index (χ0) is 13.0. The lowest BCUT2D eigenvalue weighted by molar-refractivity contribution is -0.105. The van der Waals surface area contributed by atoms with Crippen molar-refractivity contribution in [3.8, 4) is 0 Å². The fraction of sp³-hybridized carbons (Fsp3) is 0.500. The maximum absolute atomic E-state index is 11.2. The predicted molar refractivity (Wildman–Crippen MR) is 79.2 cm³/mol. The summed E-state index contributed by atoms with van der Waals surface area (Å²) in [6.45, 7) is 6.13. The summed E-state index contributed by atoms with van der Waals surface area (Å²) in [4.78, 5) is 19.5. The number of hydrogen-bond acceptors (Lipinski definition) is 2. The highest BCUT2D eigenvalue weighted by Crippen LogP contribution is 2.24. The zero-order valence-electron chi connectivity index (χ0n) is 10.2. The summed E-state index contributed by atoms with van der Waals surface area (Å²) in [6, 6.07) is 0. The second kappa shape index (κ2) is 6.31. The second-order valence-electron chi connectivity index (χ2n) is 4.11. The van der Waals surface area contributed by atoms with Crippen LogP contribution in [0, 0.1) is 5.92 Å². The van der Waals surface area contributed by atoms with Crippen LogP contribution in [0.2, 0.25) is 0 Å². The molecule has 0 amide bonds. The van der Waals surface area contributed by atoms with Gasteiger partial charge in [-0.3, -0.25) is 4.79 Å². The van der Waals surface area contributed by atoms with Gasteiger partial charge in [0.05, 0.1) is 0 Å². The first-order valence-corrected chi connectivity index (χ1v) is 6.77. The quantitative estimate of drug-likeness (QED) is 0.443. The topological polar surface area (TPSA) is 41.8 Å². The standard InChI is InChI=1S/C12H15BrN2OS/c1-4-5-8(6-16)9(7(2)3)10-11(13)15-12(17)14-10/h6-7H,4-5H2,1-3H3. The molecule has 0 aromatic carbocycles. The van der Waals surface area contributed by atoms with Gasteiger partial charge in [-0.05, 0) is 51.6 Å². The van der Waals surface area contributed by atoms with Crippen LogP contribution in [-0.4, -0.2) is 21.7 Å². The number of hydrogen-bond donors (Lipinski definition) is 0. The number of aldehydes is 1. The fourth-order valence-corrected chi connectivity index (χ4v) is 2.57. The van der Waals surface area contributed by atoms with Gasteiger partial charge >= 0.3 is 0 Å². The van der Waals surface area contributed by atoms with Crippen LogP contribution < -0.4 is 0 Å². The molecule has 0 unspecified atom stereocenters. The lowest BCUT2D eigenvalue weighted by Crippen LogP contribution is -2.16. The Kier molecular flexibility index (Phi) is 5.33. The summed E-state index contributed by atoms with van der Waals surface area (Å²) in [7, 11) is 0. The minimum atomic E-state index is 0.212. The molecule has 1 heterocycles. The Bertz CT molecular complexity index is 436. The summed E-state index contributed by atoms with van der Waals surface area (Å²) in [5, 5.41) is 0.312. The minimum Gasteiger partial charge on any atom is -0.298 e. The van der Waals surface area contributed by atoms with Gasteiger partial charge in [-0.2, -0.15) is 0 Å². The van der Waals surface area contributed by atoms with Crippen LogP contribution in [0.25, 0.3) is 0 Å². The Labute approximate surface area is 115 Å². The number of thiocarbonyl (C=S) groups is 1. The third-order valence-corrected chi connectivity index (χ3v) is 3.17. The molecular weight excluding hydrogens is 300 g/mol. The van der Waals surface area contributed by atoms with Crippen molar-refractivity contribution in [3.63, 3.8) is 0 Å². The molecule has 0 radical (unpaired) electrons. The first-order valence-electron chi connectivity index (χ1n) is 5.57. The molecule has 0 N–H and O–H groups in total. The zero-order valence-corrected chi connectivity index (χ0v) is 12.6. The van der Waals surface area contributed by atoms with Gasteiger partial charge in [-0.1, -0.05) is 27.2 Å². The van der Waals surface area contributed by atoms with E-state index in [9.17, 15) is 4.79 Å². The van der Waals surface area contributed by atoms with E-state index in [1.165, 1.54) is 0 Å². The molecule has 17 heavy (non-hydrogen) atoms. The van der Waals surface area contributed by atoms with Crippen LogP contribution in [0.15, 0.2) is 21.1 Å². The number of carbonyl (C=O) groups is 1. The van der Waals surface area contributed by atoms with Crippen molar-refractivity contribution >= 4 is 49.9 Å². The van der Waals surface area contributed by atoms with Gasteiger partial charge in [0.1, 0.15) is 16.6 Å². The summed E-state index contributed by atoms with van der Waals surface area (Å²) in [6.07, 6.45) is 2.60. The molecule has 0 fully saturated rings. The number of carbonyl (C=O) groups excluding carboxylic acids is 1. The van der Waals surface area contributed by atoms with Gasteiger partial charge in [0.15, 0.2) is 0 Å². The number of allylic oxidation sites excluding steroid dienone is 2. The molecule has 0 saturated heterocycles. The summed E-state index contributed by atoms with van der Waals surface area (Å²) >= 11 is 8.29. The van der Waals surface area contributed by atoms with Crippen molar-refractivity contribution in [2.75, 3.05) is 0 Å². The molecule has 5 heteroatoms. The number of halogens is 1. The van der Waals surface area contributed by atoms with E-state index >= 15 is 0 Å². The smallest absolute Gasteiger partial charge is 0.220 e. The average molecular weight is 315 g/mol. The monoisotopic (exact) mass is 314 g/mol. The van der Waals surface area contributed by atoms with Gasteiger partial charge < -0.3 is 0 Å². The Hall–Kier alpha value is -0.680. The van der Waals surface area contributed by atoms with E-state index in [1.54, 1.807) is 0 Å². The van der Waals surface area contributed by atoms with Crippen LogP contribution >= 0.6 is 28.1 Å². The largest absolute Gasteiger partial charge is 0.298 e. The molecule has 92 valence electrons. The number of nitrogens with zero attached hydrogens (tertiary/aromatic N) is 2. The van der Waals surface area contributed by atoms with E-state index in [1.807, 2.05) is 20.8 Å². The molecule has 0 atom stereocenters. The highest BCUT2D eigenvalue weighted by atomic mass is 79.9. The molecule has 0 aromatic heterocycles. The summed E-state index contributed by atoms with van der Waals surface area (Å²) in [5.74, 6) is 0.212. The van der Waals surface area contributed by atoms with Crippen molar-refractivity contribution in [1.82, 2.24) is 0 Å². The molecule has 1 aliphatic heterocycles. The predicted octanol–water partition coefficient (Wildman–Crippen LogP) is 3.47. The van der Waals surface area contributed by atoms with Gasteiger partial charge in [-0.15, -0.1) is 0 Å². The van der Waals surface area contributed by atoms with E-state index in [2.05, 4.69) is 25.9 Å². The Morgan fingerprint density at radius 2 is 2.12 bits per heavy atom. The van der Waals surface area contributed by atoms with Crippen LogP contribution in [0.1, 0.15) is 33.6 Å². The molecule has 3 nitrogen and oxygen atoms in total. The Balaban J connectivity index is 3.28. The highest BCUT2D eigenvalue weighted by Gasteiger charge is 2.23. The lowest BCUT2D eigenvalue weighted by Gasteiger charge is -2.14. The summed E-state index contributed by atoms with van der Waals surface area (Å²) < 4.78 is 0.627. The van der Waals surface area contributed by atoms with E-state index in [4.69, 9.17) is 12.2 Å². The van der Waals surface area contributed by atoms with Crippen molar-refractivity contribution in [3.05, 3.63) is 11.1 Å². The van der Waals surface area contributed by atoms with Crippen LogP contribution in [0.4, 0.5) is 0 Å². The van der Waals surface area contributed by atoms with E-state index in [0.717, 1.165) is 30.3 Å². The SMILES string of the molecule is CCCC(C=O)=C(C1=NC(=S)N=C1Br)C(C)C. The third-order valence-electron chi connectivity index (χ3n) is 2.44. The highest BCUT2D eigenvalue weighted by molar-refractivity contribution is 9.19. The maximum Gasteiger partial charge on any atom is 0.220 e. The van der Waals surface area contributed by atoms with Crippen LogP contribution in [0.5, 0.6) is 0 Å². The second-order valence-corrected chi connectivity index (χ2v) is 5.22. The van der Waals surface area contributed by atoms with Gasteiger partial charge in [0.25, 0.3) is 0 Å². The fourth-order valence-electron chi connectivity index (χ4n) is 1.80. The van der Waals surface area contributed by atoms with Crippen LogP contribution in [0.3, 0.4) is 0 Å². The normalized spacial score (nSPS) is 16.9. The molecular formula is C12H15BrN2OS. The van der Waals surface area contributed by atoms with Crippen LogP contribution in [-0.2, 0) is 4.79 Å². The third kappa shape index (κ3) is 3.39. The molecule has 0 saturated carbocycles. The van der Waals surface area contributed by atoms with Gasteiger partial charge in [0.2, 0.25) is 5.11 Å². The molecule has 1 rings (SSSR count). The Morgan fingerprint density at radius 3 is 2.47 bits per heavy atom. The van der Waals surface area contributed by atoms with E-state index in [0.29, 0.717) is 15.4 Å². The number of rotatable bonds is 5. The van der Waals surface area contributed by atoms with Gasteiger partial charge in [-0.25, -0.2) is 9.98 Å². The minimum absolute atomic E-state index is 0.212. The lowest BCUT2D eigenvalue weighted by atomic mass is 9.91. The average Bonchev–Trinajstić information content (AvgIpc) is 2.56. The van der Waals surface area contributed by atoms with Crippen molar-refractivity contribution < 1.29 is 4.79 Å². The number of aliphatic imine (C=N–C) groups is 2. The Morgan fingerprint density at radius 1 is 1.47 bits per heavy atom. The molecule has 0 aliphatic carbocycles.